The molecule has 3 aromatic carbocycles. The minimum Gasteiger partial charge on any atom is -0.340 e. The smallest absolute Gasteiger partial charge is 0.264 e. The molecule has 6 heteroatoms. The lowest BCUT2D eigenvalue weighted by molar-refractivity contribution is 0.326. The average Bonchev–Trinajstić information content (AvgIpc) is 2.84. The summed E-state index contributed by atoms with van der Waals surface area (Å²) in [6.45, 7) is 0.140. The van der Waals surface area contributed by atoms with Crippen molar-refractivity contribution in [3.05, 3.63) is 113 Å². The zero-order valence-electron chi connectivity index (χ0n) is 18.9. The molecule has 0 radical (unpaired) electrons. The zero-order valence-corrected chi connectivity index (χ0v) is 19.8. The van der Waals surface area contributed by atoms with Crippen LogP contribution in [0.5, 0.6) is 0 Å². The number of hydrogen-bond acceptors (Lipinski definition) is 5. The molecule has 1 aliphatic carbocycles. The van der Waals surface area contributed by atoms with Gasteiger partial charge >= 0.3 is 0 Å². The molecule has 1 N–H and O–H groups in total. The Kier molecular flexibility index (Phi) is 6.18. The van der Waals surface area contributed by atoms with Crippen molar-refractivity contribution in [3.63, 3.8) is 0 Å². The van der Waals surface area contributed by atoms with E-state index in [1.807, 2.05) is 30.5 Å². The topological polar surface area (TPSA) is 68.3 Å². The van der Waals surface area contributed by atoms with Crippen LogP contribution in [0.25, 0.3) is 11.1 Å². The summed E-state index contributed by atoms with van der Waals surface area (Å²) in [7, 11) is -3.41. The fourth-order valence-electron chi connectivity index (χ4n) is 4.54. The zero-order chi connectivity index (χ0) is 23.5. The van der Waals surface area contributed by atoms with Crippen LogP contribution in [-0.2, 0) is 27.1 Å². The van der Waals surface area contributed by atoms with Crippen LogP contribution in [0.3, 0.4) is 0 Å². The second-order valence-corrected chi connectivity index (χ2v) is 10.2. The molecule has 1 unspecified atom stereocenters. The summed E-state index contributed by atoms with van der Waals surface area (Å²) in [4.78, 5) is 4.69. The van der Waals surface area contributed by atoms with Gasteiger partial charge in [0, 0.05) is 17.8 Å². The quantitative estimate of drug-likeness (QED) is 0.351. The summed E-state index contributed by atoms with van der Waals surface area (Å²) in [5.74, 6) is 1.12. The highest BCUT2D eigenvalue weighted by Gasteiger charge is 2.26. The van der Waals surface area contributed by atoms with Gasteiger partial charge in [0.15, 0.2) is 0 Å². The third-order valence-corrected chi connectivity index (χ3v) is 6.75. The minimum absolute atomic E-state index is 0.140. The second-order valence-electron chi connectivity index (χ2n) is 8.58. The summed E-state index contributed by atoms with van der Waals surface area (Å²) in [5, 5.41) is 3.40. The molecule has 0 saturated heterocycles. The van der Waals surface area contributed by atoms with Gasteiger partial charge in [0.1, 0.15) is 5.82 Å². The molecule has 0 bridgehead atoms. The fourth-order valence-corrected chi connectivity index (χ4v) is 4.92. The predicted molar refractivity (Wildman–Crippen MR) is 136 cm³/mol. The highest BCUT2D eigenvalue weighted by molar-refractivity contribution is 7.85. The van der Waals surface area contributed by atoms with E-state index in [1.54, 1.807) is 0 Å². The number of hydrogen-bond donors (Lipinski definition) is 1. The van der Waals surface area contributed by atoms with Crippen molar-refractivity contribution < 1.29 is 12.6 Å². The number of pyridine rings is 1. The van der Waals surface area contributed by atoms with E-state index in [4.69, 9.17) is 4.18 Å². The van der Waals surface area contributed by atoms with E-state index in [2.05, 4.69) is 71.0 Å². The highest BCUT2D eigenvalue weighted by atomic mass is 32.2. The van der Waals surface area contributed by atoms with Crippen LogP contribution >= 0.6 is 0 Å². The first-order chi connectivity index (χ1) is 16.5. The molecule has 0 aliphatic heterocycles. The third kappa shape index (κ3) is 5.03. The van der Waals surface area contributed by atoms with E-state index < -0.39 is 10.1 Å². The van der Waals surface area contributed by atoms with Gasteiger partial charge in [-0.1, -0.05) is 66.7 Å². The maximum atomic E-state index is 11.1. The summed E-state index contributed by atoms with van der Waals surface area (Å²) in [5.41, 5.74) is 8.32. The molecule has 5 nitrogen and oxygen atoms in total. The molecule has 1 aromatic heterocycles. The molecule has 0 fully saturated rings. The van der Waals surface area contributed by atoms with Crippen molar-refractivity contribution >= 4 is 21.6 Å². The Morgan fingerprint density at radius 2 is 1.68 bits per heavy atom. The molecule has 0 amide bonds. The first-order valence-corrected chi connectivity index (χ1v) is 13.1. The number of anilines is 2. The van der Waals surface area contributed by atoms with Crippen molar-refractivity contribution in [1.29, 1.82) is 0 Å². The van der Waals surface area contributed by atoms with E-state index in [1.165, 1.54) is 27.8 Å². The molecule has 4 aromatic rings. The number of rotatable bonds is 7. The van der Waals surface area contributed by atoms with Gasteiger partial charge in [0.05, 0.1) is 12.9 Å². The lowest BCUT2D eigenvalue weighted by atomic mass is 9.76. The molecule has 5 rings (SSSR count). The summed E-state index contributed by atoms with van der Waals surface area (Å²) >= 11 is 0. The molecule has 0 saturated carbocycles. The maximum absolute atomic E-state index is 11.1. The standard InChI is InChI=1S/C28H26N2O3S/c1-34(31,32)33-16-15-20-11-13-23(14-12-20)30-28-18-27-22(19-29-28)17-26(21-7-3-2-4-8-21)24-9-5-6-10-25(24)27/h2-14,18-19,26H,15-17H2,1H3,(H,29,30). The molecular weight excluding hydrogens is 444 g/mol. The summed E-state index contributed by atoms with van der Waals surface area (Å²) in [6.07, 6.45) is 4.50. The summed E-state index contributed by atoms with van der Waals surface area (Å²) in [6, 6.07) is 29.3. The van der Waals surface area contributed by atoms with Crippen LogP contribution in [0.1, 0.15) is 28.2 Å². The molecule has 172 valence electrons. The van der Waals surface area contributed by atoms with E-state index in [0.717, 1.165) is 29.7 Å². The average molecular weight is 471 g/mol. The number of benzene rings is 3. The normalized spacial score (nSPS) is 14.8. The molecule has 0 spiro atoms. The predicted octanol–water partition coefficient (Wildman–Crippen LogP) is 5.70. The SMILES string of the molecule is CS(=O)(=O)OCCc1ccc(Nc2cc3c(cn2)CC(c2ccccc2)c2ccccc2-3)cc1. The number of fused-ring (bicyclic) bond motifs is 3. The van der Waals surface area contributed by atoms with Crippen molar-refractivity contribution in [2.45, 2.75) is 18.8 Å². The summed E-state index contributed by atoms with van der Waals surface area (Å²) < 4.78 is 27.0. The molecule has 1 atom stereocenters. The van der Waals surface area contributed by atoms with Gasteiger partial charge in [0.25, 0.3) is 10.1 Å². The Hall–Kier alpha value is -3.48. The van der Waals surface area contributed by atoms with Crippen LogP contribution in [0.2, 0.25) is 0 Å². The van der Waals surface area contributed by atoms with Gasteiger partial charge in [-0.3, -0.25) is 4.18 Å². The van der Waals surface area contributed by atoms with Gasteiger partial charge in [-0.25, -0.2) is 4.98 Å². The van der Waals surface area contributed by atoms with Crippen LogP contribution in [0.4, 0.5) is 11.5 Å². The number of nitrogens with one attached hydrogen (secondary N) is 1. The van der Waals surface area contributed by atoms with Crippen LogP contribution in [0, 0.1) is 0 Å². The van der Waals surface area contributed by atoms with Gasteiger partial charge in [0.2, 0.25) is 0 Å². The van der Waals surface area contributed by atoms with E-state index in [-0.39, 0.29) is 6.61 Å². The van der Waals surface area contributed by atoms with Gasteiger partial charge in [-0.05, 0) is 64.4 Å². The highest BCUT2D eigenvalue weighted by Crippen LogP contribution is 2.43. The van der Waals surface area contributed by atoms with Crippen molar-refractivity contribution in [1.82, 2.24) is 4.98 Å². The Balaban J connectivity index is 1.35. The molecule has 1 heterocycles. The van der Waals surface area contributed by atoms with Gasteiger partial charge < -0.3 is 5.32 Å². The first-order valence-electron chi connectivity index (χ1n) is 11.3. The second kappa shape index (κ2) is 9.41. The molecule has 1 aliphatic rings. The third-order valence-electron chi connectivity index (χ3n) is 6.15. The largest absolute Gasteiger partial charge is 0.340 e. The van der Waals surface area contributed by atoms with Gasteiger partial charge in [-0.15, -0.1) is 0 Å². The molecule has 34 heavy (non-hydrogen) atoms. The van der Waals surface area contributed by atoms with E-state index in [9.17, 15) is 8.42 Å². The fraction of sp³-hybridized carbons (Fsp3) is 0.179. The van der Waals surface area contributed by atoms with E-state index in [0.29, 0.717) is 12.3 Å². The Morgan fingerprint density at radius 3 is 2.44 bits per heavy atom. The Morgan fingerprint density at radius 1 is 0.941 bits per heavy atom. The lowest BCUT2D eigenvalue weighted by Gasteiger charge is -2.28. The number of aromatic nitrogens is 1. The first kappa shape index (κ1) is 22.3. The monoisotopic (exact) mass is 470 g/mol. The molecular formula is C28H26N2O3S. The number of nitrogens with zero attached hydrogens (tertiary/aromatic N) is 1. The Labute approximate surface area is 200 Å². The van der Waals surface area contributed by atoms with Crippen LogP contribution in [-0.4, -0.2) is 26.3 Å². The van der Waals surface area contributed by atoms with Crippen molar-refractivity contribution in [3.8, 4) is 11.1 Å². The lowest BCUT2D eigenvalue weighted by Crippen LogP contribution is -2.13. The van der Waals surface area contributed by atoms with E-state index >= 15 is 0 Å². The van der Waals surface area contributed by atoms with Crippen LogP contribution in [0.15, 0.2) is 91.1 Å². The minimum atomic E-state index is -3.41. The maximum Gasteiger partial charge on any atom is 0.264 e. The van der Waals surface area contributed by atoms with Gasteiger partial charge in [-0.2, -0.15) is 8.42 Å². The Bertz CT molecular complexity index is 1400. The van der Waals surface area contributed by atoms with Crippen molar-refractivity contribution in [2.24, 2.45) is 0 Å². The van der Waals surface area contributed by atoms with Crippen LogP contribution < -0.4 is 5.32 Å². The van der Waals surface area contributed by atoms with Crippen molar-refractivity contribution in [2.75, 3.05) is 18.2 Å².